The van der Waals surface area contributed by atoms with Crippen LogP contribution in [0.2, 0.25) is 0 Å². The first kappa shape index (κ1) is 12.3. The average Bonchev–Trinajstić information content (AvgIpc) is 2.82. The smallest absolute Gasteiger partial charge is 0.0796 e. The third-order valence-corrected chi connectivity index (χ3v) is 4.19. The van der Waals surface area contributed by atoms with E-state index < -0.39 is 0 Å². The van der Waals surface area contributed by atoms with Gasteiger partial charge in [0.15, 0.2) is 0 Å². The van der Waals surface area contributed by atoms with Gasteiger partial charge in [-0.15, -0.1) is 11.3 Å². The zero-order valence-electron chi connectivity index (χ0n) is 10.3. The Morgan fingerprint density at radius 2 is 2.00 bits per heavy atom. The van der Waals surface area contributed by atoms with Crippen molar-refractivity contribution in [2.75, 3.05) is 0 Å². The molecule has 2 aromatic rings. The van der Waals surface area contributed by atoms with E-state index in [-0.39, 0.29) is 6.10 Å². The maximum Gasteiger partial charge on any atom is 0.0796 e. The van der Waals surface area contributed by atoms with Crippen molar-refractivity contribution in [3.63, 3.8) is 0 Å². The maximum atomic E-state index is 10.2. The van der Waals surface area contributed by atoms with Crippen LogP contribution in [0.25, 0.3) is 0 Å². The molecule has 1 nitrogen and oxygen atoms in total. The lowest BCUT2D eigenvalue weighted by atomic mass is 9.96. The highest BCUT2D eigenvalue weighted by atomic mass is 32.1. The minimum atomic E-state index is -0.350. The van der Waals surface area contributed by atoms with E-state index in [1.54, 1.807) is 11.3 Å². The highest BCUT2D eigenvalue weighted by Crippen LogP contribution is 2.25. The molecule has 1 heterocycles. The monoisotopic (exact) mass is 246 g/mol. The Hall–Kier alpha value is -1.12. The molecule has 0 bridgehead atoms. The fourth-order valence-electron chi connectivity index (χ4n) is 2.02. The number of thiophene rings is 1. The van der Waals surface area contributed by atoms with Crippen molar-refractivity contribution in [2.45, 2.75) is 32.8 Å². The van der Waals surface area contributed by atoms with Gasteiger partial charge in [-0.25, -0.2) is 0 Å². The third-order valence-electron chi connectivity index (χ3n) is 3.25. The summed E-state index contributed by atoms with van der Waals surface area (Å²) >= 11 is 1.76. The van der Waals surface area contributed by atoms with Crippen LogP contribution in [0.5, 0.6) is 0 Å². The van der Waals surface area contributed by atoms with Gasteiger partial charge in [0.1, 0.15) is 0 Å². The number of rotatable bonds is 4. The number of aliphatic hydroxyl groups excluding tert-OH is 1. The van der Waals surface area contributed by atoms with Crippen LogP contribution in [0.15, 0.2) is 35.7 Å². The normalized spacial score (nSPS) is 12.6. The molecule has 2 rings (SSSR count). The van der Waals surface area contributed by atoms with Crippen molar-refractivity contribution in [3.05, 3.63) is 57.3 Å². The summed E-state index contributed by atoms with van der Waals surface area (Å²) in [5.41, 5.74) is 3.53. The number of hydrogen-bond acceptors (Lipinski definition) is 2. The molecule has 0 saturated heterocycles. The highest BCUT2D eigenvalue weighted by Gasteiger charge is 2.11. The Balaban J connectivity index is 2.04. The zero-order chi connectivity index (χ0) is 12.3. The van der Waals surface area contributed by atoms with E-state index in [0.717, 1.165) is 18.4 Å². The summed E-state index contributed by atoms with van der Waals surface area (Å²) in [5, 5.41) is 12.3. The minimum absolute atomic E-state index is 0.350. The predicted molar refractivity (Wildman–Crippen MR) is 73.5 cm³/mol. The molecule has 0 aliphatic rings. The second-order valence-corrected chi connectivity index (χ2v) is 5.46. The predicted octanol–water partition coefficient (Wildman–Crippen LogP) is 4.03. The van der Waals surface area contributed by atoms with Gasteiger partial charge in [-0.05, 0) is 54.8 Å². The van der Waals surface area contributed by atoms with E-state index in [0.29, 0.717) is 0 Å². The van der Waals surface area contributed by atoms with Crippen molar-refractivity contribution in [3.8, 4) is 0 Å². The Labute approximate surface area is 107 Å². The van der Waals surface area contributed by atoms with Crippen LogP contribution in [0, 0.1) is 13.8 Å². The van der Waals surface area contributed by atoms with Crippen LogP contribution in [-0.4, -0.2) is 5.11 Å². The van der Waals surface area contributed by atoms with Gasteiger partial charge in [0.05, 0.1) is 6.10 Å². The molecule has 0 aliphatic heterocycles. The molecular formula is C15H18OS. The quantitative estimate of drug-likeness (QED) is 0.863. The summed E-state index contributed by atoms with van der Waals surface area (Å²) < 4.78 is 0. The first-order valence-corrected chi connectivity index (χ1v) is 6.83. The summed E-state index contributed by atoms with van der Waals surface area (Å²) in [4.78, 5) is 1.34. The Bertz CT molecular complexity index is 474. The van der Waals surface area contributed by atoms with E-state index in [1.807, 2.05) is 12.1 Å². The fourth-order valence-corrected chi connectivity index (χ4v) is 2.75. The van der Waals surface area contributed by atoms with Gasteiger partial charge in [0.25, 0.3) is 0 Å². The molecule has 0 saturated carbocycles. The van der Waals surface area contributed by atoms with E-state index >= 15 is 0 Å². The molecule has 1 unspecified atom stereocenters. The summed E-state index contributed by atoms with van der Waals surface area (Å²) in [6, 6.07) is 10.3. The summed E-state index contributed by atoms with van der Waals surface area (Å²) in [6.45, 7) is 4.17. The summed E-state index contributed by atoms with van der Waals surface area (Å²) in [7, 11) is 0. The second kappa shape index (κ2) is 5.48. The minimum Gasteiger partial charge on any atom is -0.388 e. The molecule has 0 amide bonds. The van der Waals surface area contributed by atoms with Crippen LogP contribution < -0.4 is 0 Å². The topological polar surface area (TPSA) is 20.2 Å². The number of hydrogen-bond donors (Lipinski definition) is 1. The van der Waals surface area contributed by atoms with Crippen LogP contribution in [0.1, 0.15) is 34.1 Å². The molecule has 2 heteroatoms. The van der Waals surface area contributed by atoms with Crippen molar-refractivity contribution >= 4 is 11.3 Å². The molecule has 1 N–H and O–H groups in total. The Kier molecular flexibility index (Phi) is 3.97. The van der Waals surface area contributed by atoms with E-state index in [1.165, 1.54) is 16.0 Å². The van der Waals surface area contributed by atoms with Crippen LogP contribution in [0.3, 0.4) is 0 Å². The lowest BCUT2D eigenvalue weighted by Gasteiger charge is -2.14. The largest absolute Gasteiger partial charge is 0.388 e. The number of aliphatic hydroxyl groups is 1. The molecule has 0 fully saturated rings. The molecular weight excluding hydrogens is 228 g/mol. The zero-order valence-corrected chi connectivity index (χ0v) is 11.1. The second-order valence-electron chi connectivity index (χ2n) is 4.42. The lowest BCUT2D eigenvalue weighted by molar-refractivity contribution is 0.167. The number of aryl methyl sites for hydroxylation is 2. The van der Waals surface area contributed by atoms with Crippen LogP contribution >= 0.6 is 11.3 Å². The van der Waals surface area contributed by atoms with Crippen LogP contribution in [-0.2, 0) is 6.42 Å². The van der Waals surface area contributed by atoms with E-state index in [4.69, 9.17) is 0 Å². The summed E-state index contributed by atoms with van der Waals surface area (Å²) in [6.07, 6.45) is 1.40. The van der Waals surface area contributed by atoms with Crippen molar-refractivity contribution in [1.82, 2.24) is 0 Å². The van der Waals surface area contributed by atoms with Gasteiger partial charge >= 0.3 is 0 Å². The lowest BCUT2D eigenvalue weighted by Crippen LogP contribution is -2.02. The molecule has 1 aromatic heterocycles. The highest BCUT2D eigenvalue weighted by molar-refractivity contribution is 7.09. The van der Waals surface area contributed by atoms with Gasteiger partial charge in [-0.2, -0.15) is 0 Å². The summed E-state index contributed by atoms with van der Waals surface area (Å²) in [5.74, 6) is 0. The molecule has 0 spiro atoms. The molecule has 0 aliphatic carbocycles. The standard InChI is InChI=1S/C15H18OS/c1-11-5-3-7-14(12(11)2)15(16)9-8-13-6-4-10-17-13/h3-7,10,15-16H,8-9H2,1-2H3. The third kappa shape index (κ3) is 2.96. The van der Waals surface area contributed by atoms with Crippen molar-refractivity contribution in [1.29, 1.82) is 0 Å². The van der Waals surface area contributed by atoms with E-state index in [2.05, 4.69) is 37.4 Å². The molecule has 1 aromatic carbocycles. The molecule has 17 heavy (non-hydrogen) atoms. The van der Waals surface area contributed by atoms with Gasteiger partial charge < -0.3 is 5.11 Å². The van der Waals surface area contributed by atoms with Gasteiger partial charge in [0, 0.05) is 4.88 Å². The average molecular weight is 246 g/mol. The number of benzene rings is 1. The first-order valence-electron chi connectivity index (χ1n) is 5.95. The van der Waals surface area contributed by atoms with Crippen LogP contribution in [0.4, 0.5) is 0 Å². The Morgan fingerprint density at radius 1 is 1.18 bits per heavy atom. The maximum absolute atomic E-state index is 10.2. The van der Waals surface area contributed by atoms with Gasteiger partial charge in [0.2, 0.25) is 0 Å². The van der Waals surface area contributed by atoms with Gasteiger partial charge in [-0.3, -0.25) is 0 Å². The Morgan fingerprint density at radius 3 is 2.71 bits per heavy atom. The SMILES string of the molecule is Cc1cccc(C(O)CCc2cccs2)c1C. The fraction of sp³-hybridized carbons (Fsp3) is 0.333. The molecule has 1 atom stereocenters. The van der Waals surface area contributed by atoms with Gasteiger partial charge in [-0.1, -0.05) is 24.3 Å². The first-order chi connectivity index (χ1) is 8.18. The van der Waals surface area contributed by atoms with Crippen molar-refractivity contribution < 1.29 is 5.11 Å². The van der Waals surface area contributed by atoms with E-state index in [9.17, 15) is 5.11 Å². The molecule has 90 valence electrons. The van der Waals surface area contributed by atoms with Crippen molar-refractivity contribution in [2.24, 2.45) is 0 Å². The molecule has 0 radical (unpaired) electrons.